The van der Waals surface area contributed by atoms with Crippen LogP contribution in [0.1, 0.15) is 30.7 Å². The molecule has 0 bridgehead atoms. The monoisotopic (exact) mass is 518 g/mol. The van der Waals surface area contributed by atoms with Crippen LogP contribution < -0.4 is 0 Å². The second-order valence-electron chi connectivity index (χ2n) is 9.11. The van der Waals surface area contributed by atoms with Crippen LogP contribution in [0.4, 0.5) is 0 Å². The Morgan fingerprint density at radius 2 is 1.21 bits per heavy atom. The Labute approximate surface area is 228 Å². The van der Waals surface area contributed by atoms with Gasteiger partial charge in [-0.2, -0.15) is 0 Å². The molecule has 0 saturated carbocycles. The zero-order valence-corrected chi connectivity index (χ0v) is 22.0. The van der Waals surface area contributed by atoms with Gasteiger partial charge in [-0.15, -0.1) is 0 Å². The molecule has 2 heterocycles. The lowest BCUT2D eigenvalue weighted by Gasteiger charge is -2.26. The summed E-state index contributed by atoms with van der Waals surface area (Å²) in [6.07, 6.45) is 1.81. The average Bonchev–Trinajstić information content (AvgIpc) is 3.57. The number of nitrogens with zero attached hydrogens (tertiary/aromatic N) is 2. The Morgan fingerprint density at radius 3 is 1.77 bits per heavy atom. The van der Waals surface area contributed by atoms with Gasteiger partial charge in [-0.05, 0) is 48.7 Å². The van der Waals surface area contributed by atoms with E-state index in [1.807, 2.05) is 97.1 Å². The fourth-order valence-corrected chi connectivity index (χ4v) is 4.90. The molecule has 5 rings (SSSR count). The number of carbonyl (C=O) groups excluding carboxylic acids is 2. The number of carbonyl (C=O) groups is 2. The molecule has 0 radical (unpaired) electrons. The van der Waals surface area contributed by atoms with E-state index in [-0.39, 0.29) is 13.2 Å². The fourth-order valence-electron chi connectivity index (χ4n) is 4.90. The summed E-state index contributed by atoms with van der Waals surface area (Å²) in [4.78, 5) is 32.2. The van der Waals surface area contributed by atoms with Crippen LogP contribution in [0.3, 0.4) is 0 Å². The number of hydrogen-bond donors (Lipinski definition) is 0. The Balaban J connectivity index is 1.76. The molecule has 6 heteroatoms. The summed E-state index contributed by atoms with van der Waals surface area (Å²) < 4.78 is 13.1. The zero-order chi connectivity index (χ0) is 27.2. The molecule has 1 aliphatic rings. The van der Waals surface area contributed by atoms with Crippen molar-refractivity contribution in [1.82, 2.24) is 4.57 Å². The first-order valence-corrected chi connectivity index (χ1v) is 13.1. The van der Waals surface area contributed by atoms with Crippen molar-refractivity contribution in [3.63, 3.8) is 0 Å². The third-order valence-electron chi connectivity index (χ3n) is 6.68. The van der Waals surface area contributed by atoms with Gasteiger partial charge >= 0.3 is 11.9 Å². The largest absolute Gasteiger partial charge is 0.463 e. The highest BCUT2D eigenvalue weighted by Crippen LogP contribution is 2.41. The summed E-state index contributed by atoms with van der Waals surface area (Å²) in [5.41, 5.74) is 3.47. The Kier molecular flexibility index (Phi) is 7.55. The highest BCUT2D eigenvalue weighted by molar-refractivity contribution is 6.28. The van der Waals surface area contributed by atoms with Crippen LogP contribution in [0.2, 0.25) is 0 Å². The predicted octanol–water partition coefficient (Wildman–Crippen LogP) is 5.95. The average molecular weight is 519 g/mol. The maximum Gasteiger partial charge on any atom is 0.350 e. The molecule has 39 heavy (non-hydrogen) atoms. The molecule has 3 aromatic carbocycles. The third-order valence-corrected chi connectivity index (χ3v) is 6.68. The second-order valence-corrected chi connectivity index (χ2v) is 9.11. The summed E-state index contributed by atoms with van der Waals surface area (Å²) in [5.74, 6) is -1.51. The number of esters is 2. The number of benzene rings is 3. The number of allylic oxidation sites excluding steroid dienone is 1. The third kappa shape index (κ3) is 4.93. The van der Waals surface area contributed by atoms with E-state index in [1.165, 1.54) is 0 Å². The SMILES string of the molecule is CCOC(=O)C1(C(=O)OCC)N=C(c2ccccc2)C=C1c1ccc(-c2ccccc2)n1Cc1ccccc1. The summed E-state index contributed by atoms with van der Waals surface area (Å²) in [6.45, 7) is 4.14. The number of aliphatic imine (C=N–C) groups is 1. The first-order valence-electron chi connectivity index (χ1n) is 13.1. The normalized spacial score (nSPS) is 13.9. The van der Waals surface area contributed by atoms with Crippen molar-refractivity contribution >= 4 is 23.2 Å². The van der Waals surface area contributed by atoms with Gasteiger partial charge in [0.1, 0.15) is 0 Å². The Morgan fingerprint density at radius 1 is 0.692 bits per heavy atom. The van der Waals surface area contributed by atoms with E-state index in [0.717, 1.165) is 22.4 Å². The van der Waals surface area contributed by atoms with E-state index >= 15 is 0 Å². The van der Waals surface area contributed by atoms with E-state index in [0.29, 0.717) is 23.5 Å². The fraction of sp³-hybridized carbons (Fsp3) is 0.182. The molecule has 0 N–H and O–H groups in total. The van der Waals surface area contributed by atoms with Gasteiger partial charge in [-0.25, -0.2) is 9.59 Å². The molecule has 1 aliphatic heterocycles. The van der Waals surface area contributed by atoms with Crippen LogP contribution in [0.15, 0.2) is 114 Å². The van der Waals surface area contributed by atoms with Crippen LogP contribution in [-0.4, -0.2) is 41.0 Å². The maximum atomic E-state index is 13.7. The highest BCUT2D eigenvalue weighted by Gasteiger charge is 2.56. The molecule has 0 fully saturated rings. The van der Waals surface area contributed by atoms with Crippen molar-refractivity contribution in [2.45, 2.75) is 25.9 Å². The van der Waals surface area contributed by atoms with E-state index in [1.54, 1.807) is 13.8 Å². The highest BCUT2D eigenvalue weighted by atomic mass is 16.6. The van der Waals surface area contributed by atoms with Crippen molar-refractivity contribution in [3.05, 3.63) is 126 Å². The van der Waals surface area contributed by atoms with Crippen molar-refractivity contribution in [2.75, 3.05) is 13.2 Å². The van der Waals surface area contributed by atoms with E-state index in [9.17, 15) is 9.59 Å². The van der Waals surface area contributed by atoms with E-state index in [2.05, 4.69) is 16.7 Å². The molecule has 4 aromatic rings. The molecule has 0 spiro atoms. The number of rotatable bonds is 9. The van der Waals surface area contributed by atoms with Crippen LogP contribution in [0.25, 0.3) is 16.8 Å². The number of hydrogen-bond acceptors (Lipinski definition) is 5. The lowest BCUT2D eigenvalue weighted by atomic mass is 9.89. The molecule has 0 aliphatic carbocycles. The van der Waals surface area contributed by atoms with Gasteiger partial charge < -0.3 is 14.0 Å². The van der Waals surface area contributed by atoms with Crippen molar-refractivity contribution in [1.29, 1.82) is 0 Å². The summed E-state index contributed by atoms with van der Waals surface area (Å²) in [7, 11) is 0. The van der Waals surface area contributed by atoms with E-state index < -0.39 is 17.5 Å². The molecule has 0 saturated heterocycles. The molecule has 0 amide bonds. The van der Waals surface area contributed by atoms with Crippen LogP contribution in [0.5, 0.6) is 0 Å². The van der Waals surface area contributed by atoms with Gasteiger partial charge in [0.15, 0.2) is 0 Å². The zero-order valence-electron chi connectivity index (χ0n) is 22.0. The van der Waals surface area contributed by atoms with E-state index in [4.69, 9.17) is 14.5 Å². The quantitative estimate of drug-likeness (QED) is 0.203. The molecule has 0 unspecified atom stereocenters. The van der Waals surface area contributed by atoms with Crippen LogP contribution in [0, 0.1) is 0 Å². The van der Waals surface area contributed by atoms with Gasteiger partial charge in [-0.3, -0.25) is 4.99 Å². The minimum Gasteiger partial charge on any atom is -0.463 e. The van der Waals surface area contributed by atoms with Crippen LogP contribution >= 0.6 is 0 Å². The lowest BCUT2D eigenvalue weighted by Crippen LogP contribution is -2.47. The number of ether oxygens (including phenoxy) is 2. The Hall–Kier alpha value is -4.71. The van der Waals surface area contributed by atoms with Crippen molar-refractivity contribution < 1.29 is 19.1 Å². The Bertz CT molecular complexity index is 1500. The molecule has 196 valence electrons. The standard InChI is InChI=1S/C33H30N2O4/c1-3-38-31(36)33(32(37)39-4-2)27(22-28(34-33)25-16-10-6-11-17-25)30-21-20-29(26-18-12-7-13-19-26)35(30)23-24-14-8-5-9-15-24/h5-22H,3-4,23H2,1-2H3. The second kappa shape index (κ2) is 11.4. The summed E-state index contributed by atoms with van der Waals surface area (Å²) >= 11 is 0. The first-order chi connectivity index (χ1) is 19.1. The first kappa shape index (κ1) is 25.9. The molecule has 1 aromatic heterocycles. The molecule has 0 atom stereocenters. The summed E-state index contributed by atoms with van der Waals surface area (Å²) in [6, 6.07) is 33.5. The van der Waals surface area contributed by atoms with Crippen molar-refractivity contribution in [3.8, 4) is 11.3 Å². The molecule has 6 nitrogen and oxygen atoms in total. The van der Waals surface area contributed by atoms with Gasteiger partial charge in [0.2, 0.25) is 0 Å². The van der Waals surface area contributed by atoms with Gasteiger partial charge in [0.05, 0.1) is 18.9 Å². The van der Waals surface area contributed by atoms with Gasteiger partial charge in [0, 0.05) is 23.5 Å². The van der Waals surface area contributed by atoms with Gasteiger partial charge in [0.25, 0.3) is 5.54 Å². The van der Waals surface area contributed by atoms with Gasteiger partial charge in [-0.1, -0.05) is 91.0 Å². The number of aromatic nitrogens is 1. The summed E-state index contributed by atoms with van der Waals surface area (Å²) in [5, 5.41) is 0. The minimum atomic E-state index is -1.99. The molecular formula is C33H30N2O4. The van der Waals surface area contributed by atoms with Crippen LogP contribution in [-0.2, 0) is 25.6 Å². The van der Waals surface area contributed by atoms with Crippen molar-refractivity contribution in [2.24, 2.45) is 4.99 Å². The maximum absolute atomic E-state index is 13.7. The lowest BCUT2D eigenvalue weighted by molar-refractivity contribution is -0.160. The topological polar surface area (TPSA) is 69.9 Å². The predicted molar refractivity (Wildman–Crippen MR) is 152 cm³/mol. The smallest absolute Gasteiger partial charge is 0.350 e. The molecular weight excluding hydrogens is 488 g/mol. The minimum absolute atomic E-state index is 0.101.